The van der Waals surface area contributed by atoms with Gasteiger partial charge in [-0.05, 0) is 31.2 Å². The minimum atomic E-state index is -0.0862. The molecule has 0 fully saturated rings. The van der Waals surface area contributed by atoms with Gasteiger partial charge in [0.25, 0.3) is 0 Å². The highest BCUT2D eigenvalue weighted by Gasteiger charge is 2.01. The number of rotatable bonds is 10. The first-order chi connectivity index (χ1) is 9.76. The van der Waals surface area contributed by atoms with Crippen molar-refractivity contribution in [3.63, 3.8) is 0 Å². The van der Waals surface area contributed by atoms with Gasteiger partial charge in [-0.3, -0.25) is 4.79 Å². The van der Waals surface area contributed by atoms with Gasteiger partial charge in [0, 0.05) is 18.8 Å². The molecule has 1 amide bonds. The van der Waals surface area contributed by atoms with Crippen LogP contribution in [0.3, 0.4) is 0 Å². The lowest BCUT2D eigenvalue weighted by molar-refractivity contribution is -0.115. The van der Waals surface area contributed by atoms with E-state index in [2.05, 4.69) is 17.2 Å². The summed E-state index contributed by atoms with van der Waals surface area (Å²) in [4.78, 5) is 11.6. The van der Waals surface area contributed by atoms with E-state index >= 15 is 0 Å². The zero-order valence-electron chi connectivity index (χ0n) is 11.9. The van der Waals surface area contributed by atoms with Gasteiger partial charge in [-0.2, -0.15) is 0 Å². The van der Waals surface area contributed by atoms with Crippen molar-refractivity contribution in [2.75, 3.05) is 38.2 Å². The summed E-state index contributed by atoms with van der Waals surface area (Å²) in [6, 6.07) is 7.25. The Labute approximate surface area is 120 Å². The van der Waals surface area contributed by atoms with Crippen molar-refractivity contribution in [2.45, 2.75) is 6.92 Å². The minimum absolute atomic E-state index is 0.0862. The van der Waals surface area contributed by atoms with E-state index in [-0.39, 0.29) is 12.5 Å². The number of benzene rings is 1. The lowest BCUT2D eigenvalue weighted by Gasteiger charge is -2.08. The van der Waals surface area contributed by atoms with Crippen molar-refractivity contribution in [1.82, 2.24) is 5.32 Å². The topological polar surface area (TPSA) is 59.6 Å². The molecule has 0 aliphatic rings. The molecule has 0 radical (unpaired) electrons. The summed E-state index contributed by atoms with van der Waals surface area (Å²) < 4.78 is 10.7. The van der Waals surface area contributed by atoms with Crippen LogP contribution in [0.1, 0.15) is 6.92 Å². The number of nitrogens with one attached hydrogen (secondary N) is 2. The third kappa shape index (κ3) is 6.92. The number of anilines is 1. The second-order valence-electron chi connectivity index (χ2n) is 4.04. The number of carbonyl (C=O) groups is 1. The maximum atomic E-state index is 11.6. The van der Waals surface area contributed by atoms with Crippen molar-refractivity contribution < 1.29 is 14.3 Å². The molecule has 0 atom stereocenters. The molecule has 2 N–H and O–H groups in total. The molecule has 1 rings (SSSR count). The van der Waals surface area contributed by atoms with Crippen LogP contribution in [0.15, 0.2) is 36.9 Å². The van der Waals surface area contributed by atoms with Crippen LogP contribution < -0.4 is 15.4 Å². The SMILES string of the molecule is C=CCNCC(=O)Nc1ccc(OCCOCC)cc1. The lowest BCUT2D eigenvalue weighted by atomic mass is 10.3. The van der Waals surface area contributed by atoms with E-state index in [4.69, 9.17) is 9.47 Å². The van der Waals surface area contributed by atoms with Crippen LogP contribution in [0.25, 0.3) is 0 Å². The second-order valence-corrected chi connectivity index (χ2v) is 4.04. The second kappa shape index (κ2) is 10.00. The van der Waals surface area contributed by atoms with Gasteiger partial charge in [-0.25, -0.2) is 0 Å². The average Bonchev–Trinajstić information content (AvgIpc) is 2.46. The van der Waals surface area contributed by atoms with E-state index in [0.717, 1.165) is 11.4 Å². The minimum Gasteiger partial charge on any atom is -0.491 e. The molecular formula is C15H22N2O3. The Kier molecular flexibility index (Phi) is 8.10. The maximum absolute atomic E-state index is 11.6. The molecule has 0 spiro atoms. The standard InChI is InChI=1S/C15H22N2O3/c1-3-9-16-12-15(18)17-13-5-7-14(8-6-13)20-11-10-19-4-2/h3,5-8,16H,1,4,9-12H2,2H3,(H,17,18). The van der Waals surface area contributed by atoms with Crippen molar-refractivity contribution in [3.8, 4) is 5.75 Å². The first-order valence-corrected chi connectivity index (χ1v) is 6.68. The zero-order valence-corrected chi connectivity index (χ0v) is 11.9. The molecule has 0 saturated carbocycles. The molecule has 0 unspecified atom stereocenters. The predicted molar refractivity (Wildman–Crippen MR) is 80.1 cm³/mol. The average molecular weight is 278 g/mol. The van der Waals surface area contributed by atoms with Crippen LogP contribution in [0.5, 0.6) is 5.75 Å². The number of hydrogen-bond donors (Lipinski definition) is 2. The summed E-state index contributed by atoms with van der Waals surface area (Å²) >= 11 is 0. The Morgan fingerprint density at radius 3 is 2.70 bits per heavy atom. The van der Waals surface area contributed by atoms with Crippen molar-refractivity contribution >= 4 is 11.6 Å². The van der Waals surface area contributed by atoms with Crippen LogP contribution in [0.2, 0.25) is 0 Å². The molecule has 0 aliphatic heterocycles. The van der Waals surface area contributed by atoms with Gasteiger partial charge in [0.1, 0.15) is 12.4 Å². The van der Waals surface area contributed by atoms with Crippen LogP contribution in [0, 0.1) is 0 Å². The number of ether oxygens (including phenoxy) is 2. The fourth-order valence-electron chi connectivity index (χ4n) is 1.49. The molecule has 5 heteroatoms. The predicted octanol–water partition coefficient (Wildman–Crippen LogP) is 1.82. The summed E-state index contributed by atoms with van der Waals surface area (Å²) in [5.74, 6) is 0.671. The summed E-state index contributed by atoms with van der Waals surface area (Å²) in [5.41, 5.74) is 0.743. The maximum Gasteiger partial charge on any atom is 0.238 e. The summed E-state index contributed by atoms with van der Waals surface area (Å²) in [5, 5.41) is 5.73. The molecule has 0 bridgehead atoms. The van der Waals surface area contributed by atoms with Gasteiger partial charge in [0.05, 0.1) is 13.2 Å². The van der Waals surface area contributed by atoms with E-state index in [0.29, 0.717) is 26.4 Å². The van der Waals surface area contributed by atoms with E-state index in [1.54, 1.807) is 18.2 Å². The largest absolute Gasteiger partial charge is 0.491 e. The van der Waals surface area contributed by atoms with Gasteiger partial charge in [0.15, 0.2) is 0 Å². The van der Waals surface area contributed by atoms with Gasteiger partial charge < -0.3 is 20.1 Å². The molecule has 0 heterocycles. The van der Waals surface area contributed by atoms with Crippen LogP contribution >= 0.6 is 0 Å². The molecule has 1 aromatic carbocycles. The summed E-state index contributed by atoms with van der Waals surface area (Å²) in [7, 11) is 0. The van der Waals surface area contributed by atoms with Crippen LogP contribution in [-0.4, -0.2) is 38.8 Å². The molecule has 20 heavy (non-hydrogen) atoms. The zero-order chi connectivity index (χ0) is 14.6. The number of hydrogen-bond acceptors (Lipinski definition) is 4. The molecule has 0 aromatic heterocycles. The van der Waals surface area contributed by atoms with E-state index in [1.807, 2.05) is 19.1 Å². The van der Waals surface area contributed by atoms with Crippen molar-refractivity contribution in [2.24, 2.45) is 0 Å². The third-order valence-corrected chi connectivity index (χ3v) is 2.41. The molecular weight excluding hydrogens is 256 g/mol. The Hall–Kier alpha value is -1.85. The quantitative estimate of drug-likeness (QED) is 0.506. The molecule has 0 saturated heterocycles. The van der Waals surface area contributed by atoms with Crippen molar-refractivity contribution in [1.29, 1.82) is 0 Å². The van der Waals surface area contributed by atoms with Crippen molar-refractivity contribution in [3.05, 3.63) is 36.9 Å². The van der Waals surface area contributed by atoms with E-state index in [9.17, 15) is 4.79 Å². The summed E-state index contributed by atoms with van der Waals surface area (Å²) in [6.07, 6.45) is 1.71. The fourth-order valence-corrected chi connectivity index (χ4v) is 1.49. The first-order valence-electron chi connectivity index (χ1n) is 6.68. The van der Waals surface area contributed by atoms with Gasteiger partial charge >= 0.3 is 0 Å². The molecule has 110 valence electrons. The van der Waals surface area contributed by atoms with Crippen LogP contribution in [0.4, 0.5) is 5.69 Å². The normalized spacial score (nSPS) is 10.1. The highest BCUT2D eigenvalue weighted by atomic mass is 16.5. The highest BCUT2D eigenvalue weighted by Crippen LogP contribution is 2.15. The third-order valence-electron chi connectivity index (χ3n) is 2.41. The van der Waals surface area contributed by atoms with Crippen LogP contribution in [-0.2, 0) is 9.53 Å². The fraction of sp³-hybridized carbons (Fsp3) is 0.400. The number of carbonyl (C=O) groups excluding carboxylic acids is 1. The Morgan fingerprint density at radius 1 is 1.30 bits per heavy atom. The smallest absolute Gasteiger partial charge is 0.238 e. The Bertz CT molecular complexity index is 404. The van der Waals surface area contributed by atoms with Gasteiger partial charge in [-0.1, -0.05) is 6.08 Å². The Balaban J connectivity index is 2.30. The Morgan fingerprint density at radius 2 is 2.05 bits per heavy atom. The van der Waals surface area contributed by atoms with Gasteiger partial charge in [0.2, 0.25) is 5.91 Å². The lowest BCUT2D eigenvalue weighted by Crippen LogP contribution is -2.28. The molecule has 0 aliphatic carbocycles. The highest BCUT2D eigenvalue weighted by molar-refractivity contribution is 5.92. The van der Waals surface area contributed by atoms with E-state index < -0.39 is 0 Å². The first kappa shape index (κ1) is 16.2. The molecule has 5 nitrogen and oxygen atoms in total. The monoisotopic (exact) mass is 278 g/mol. The van der Waals surface area contributed by atoms with Gasteiger partial charge in [-0.15, -0.1) is 6.58 Å². The summed E-state index contributed by atoms with van der Waals surface area (Å²) in [6.45, 7) is 8.17. The number of amides is 1. The molecule has 1 aromatic rings. The van der Waals surface area contributed by atoms with E-state index in [1.165, 1.54) is 0 Å².